The Kier molecular flexibility index (Phi) is 8.66. The number of rotatable bonds is 6. The summed E-state index contributed by atoms with van der Waals surface area (Å²) in [6.07, 6.45) is 10.4. The summed E-state index contributed by atoms with van der Waals surface area (Å²) in [5.74, 6) is -0.370. The van der Waals surface area contributed by atoms with Crippen molar-refractivity contribution in [2.45, 2.75) is 38.6 Å². The highest BCUT2D eigenvalue weighted by atomic mass is 35.5. The zero-order valence-electron chi connectivity index (χ0n) is 23.8. The van der Waals surface area contributed by atoms with Crippen LogP contribution in [0.2, 0.25) is 5.02 Å². The maximum absolute atomic E-state index is 14.3. The third-order valence-corrected chi connectivity index (χ3v) is 10.1. The van der Waals surface area contributed by atoms with Gasteiger partial charge in [-0.2, -0.15) is 0 Å². The van der Waals surface area contributed by atoms with E-state index in [0.29, 0.717) is 53.7 Å². The van der Waals surface area contributed by atoms with Crippen LogP contribution in [0.3, 0.4) is 0 Å². The number of fused-ring (bicyclic) bond motifs is 2. The van der Waals surface area contributed by atoms with Gasteiger partial charge >= 0.3 is 0 Å². The molecule has 2 heterocycles. The van der Waals surface area contributed by atoms with Gasteiger partial charge in [0.25, 0.3) is 15.9 Å². The van der Waals surface area contributed by atoms with E-state index in [9.17, 15) is 17.6 Å². The van der Waals surface area contributed by atoms with E-state index in [1.807, 2.05) is 18.2 Å². The van der Waals surface area contributed by atoms with Crippen LogP contribution in [-0.4, -0.2) is 55.3 Å². The third-order valence-electron chi connectivity index (χ3n) is 8.43. The first-order valence-electron chi connectivity index (χ1n) is 14.7. The zero-order valence-corrected chi connectivity index (χ0v) is 25.4. The minimum absolute atomic E-state index is 0.0734. The number of hydrogen-bond donors (Lipinski definition) is 1. The van der Waals surface area contributed by atoms with Crippen LogP contribution in [0, 0.1) is 11.7 Å². The van der Waals surface area contributed by atoms with Crippen LogP contribution in [0.1, 0.15) is 59.3 Å². The van der Waals surface area contributed by atoms with Gasteiger partial charge in [-0.05, 0) is 74.1 Å². The van der Waals surface area contributed by atoms with Crippen LogP contribution in [0.25, 0.3) is 11.0 Å². The van der Waals surface area contributed by atoms with Crippen LogP contribution >= 0.6 is 11.6 Å². The molecule has 6 rings (SSSR count). The minimum Gasteiger partial charge on any atom is -0.337 e. The van der Waals surface area contributed by atoms with Gasteiger partial charge in [0.2, 0.25) is 0 Å². The molecule has 2 fully saturated rings. The average molecular weight is 621 g/mol. The number of anilines is 1. The Bertz CT molecular complexity index is 1690. The van der Waals surface area contributed by atoms with Crippen molar-refractivity contribution in [2.24, 2.45) is 5.92 Å². The number of benzene rings is 2. The molecule has 0 bridgehead atoms. The Morgan fingerprint density at radius 3 is 2.67 bits per heavy atom. The molecule has 1 aliphatic heterocycles. The Morgan fingerprint density at radius 1 is 1.02 bits per heavy atom. The monoisotopic (exact) mass is 620 g/mol. The van der Waals surface area contributed by atoms with Gasteiger partial charge < -0.3 is 4.90 Å². The van der Waals surface area contributed by atoms with Gasteiger partial charge in [0.05, 0.1) is 5.69 Å². The van der Waals surface area contributed by atoms with Gasteiger partial charge in [0.15, 0.2) is 0 Å². The molecule has 1 saturated carbocycles. The third kappa shape index (κ3) is 6.69. The summed E-state index contributed by atoms with van der Waals surface area (Å²) < 4.78 is 44.4. The molecule has 1 saturated heterocycles. The molecular weight excluding hydrogens is 587 g/mol. The Morgan fingerprint density at radius 2 is 1.86 bits per heavy atom. The smallest absolute Gasteiger partial charge is 0.263 e. The molecule has 43 heavy (non-hydrogen) atoms. The maximum atomic E-state index is 14.3. The number of nitrogens with one attached hydrogen (secondary N) is 1. The first-order chi connectivity index (χ1) is 20.8. The Labute approximate surface area is 257 Å². The van der Waals surface area contributed by atoms with Gasteiger partial charge in [-0.3, -0.25) is 19.4 Å². The predicted octanol–water partition coefficient (Wildman–Crippen LogP) is 6.59. The summed E-state index contributed by atoms with van der Waals surface area (Å²) in [5, 5.41) is 0.368. The number of aromatic nitrogens is 1. The van der Waals surface area contributed by atoms with Crippen molar-refractivity contribution in [1.82, 2.24) is 14.8 Å². The second-order valence-corrected chi connectivity index (χ2v) is 13.5. The van der Waals surface area contributed by atoms with Gasteiger partial charge in [0.1, 0.15) is 10.7 Å². The summed E-state index contributed by atoms with van der Waals surface area (Å²) in [5.41, 5.74) is 3.96. The maximum Gasteiger partial charge on any atom is 0.263 e. The largest absolute Gasteiger partial charge is 0.337 e. The number of pyridine rings is 1. The van der Waals surface area contributed by atoms with Crippen molar-refractivity contribution in [1.29, 1.82) is 0 Å². The van der Waals surface area contributed by atoms with Crippen molar-refractivity contribution in [3.63, 3.8) is 0 Å². The summed E-state index contributed by atoms with van der Waals surface area (Å²) in [6, 6.07) is 15.0. The molecule has 1 amide bonds. The lowest BCUT2D eigenvalue weighted by Crippen LogP contribution is -2.35. The van der Waals surface area contributed by atoms with Crippen LogP contribution in [0.5, 0.6) is 0 Å². The van der Waals surface area contributed by atoms with E-state index in [0.717, 1.165) is 44.2 Å². The lowest BCUT2D eigenvalue weighted by molar-refractivity contribution is 0.0761. The Balaban J connectivity index is 1.13. The van der Waals surface area contributed by atoms with E-state index >= 15 is 0 Å². The van der Waals surface area contributed by atoms with E-state index in [-0.39, 0.29) is 22.5 Å². The number of amides is 1. The van der Waals surface area contributed by atoms with Crippen molar-refractivity contribution >= 4 is 44.2 Å². The molecule has 1 unspecified atom stereocenters. The molecule has 0 radical (unpaired) electrons. The lowest BCUT2D eigenvalue weighted by atomic mass is 9.84. The van der Waals surface area contributed by atoms with Gasteiger partial charge in [-0.1, -0.05) is 47.9 Å². The highest BCUT2D eigenvalue weighted by molar-refractivity contribution is 8.01. The summed E-state index contributed by atoms with van der Waals surface area (Å²) in [7, 11) is -3.94. The molecule has 1 aromatic heterocycles. The fourth-order valence-corrected chi connectivity index (χ4v) is 7.63. The van der Waals surface area contributed by atoms with Gasteiger partial charge in [0, 0.05) is 66.3 Å². The molecule has 224 valence electrons. The number of hydrogen-bond acceptors (Lipinski definition) is 5. The number of halogens is 2. The van der Waals surface area contributed by atoms with Gasteiger partial charge in [-0.25, -0.2) is 12.8 Å². The molecule has 3 aliphatic rings. The molecule has 7 nitrogen and oxygen atoms in total. The zero-order chi connectivity index (χ0) is 30.0. The van der Waals surface area contributed by atoms with Crippen molar-refractivity contribution in [3.05, 3.63) is 106 Å². The second kappa shape index (κ2) is 12.6. The van der Waals surface area contributed by atoms with E-state index in [2.05, 4.69) is 20.7 Å². The van der Waals surface area contributed by atoms with E-state index < -0.39 is 10.0 Å². The lowest BCUT2D eigenvalue weighted by Gasteiger charge is -2.22. The van der Waals surface area contributed by atoms with Crippen LogP contribution in [-0.2, 0) is 16.6 Å². The quantitative estimate of drug-likeness (QED) is 0.336. The number of allylic oxidation sites excluding steroid dienone is 2. The molecule has 1 N–H and O–H groups in total. The molecule has 0 spiro atoms. The van der Waals surface area contributed by atoms with Crippen molar-refractivity contribution in [2.75, 3.05) is 30.9 Å². The molecule has 10 heteroatoms. The first kappa shape index (κ1) is 29.5. The first-order valence-corrected chi connectivity index (χ1v) is 16.6. The molecule has 1 atom stereocenters. The molecule has 2 aliphatic carbocycles. The Hall–Kier alpha value is -3.53. The standard InChI is InChI=1S/C33H34ClFN4O3S/c34-28-11-8-27(30(35)21-28)22-38-15-4-16-39(18-17-38)33(40)23-9-12-29(13-10-23)37-43(41,42)31-20-25-6-2-1-5-24(25)19-26-7-3-14-36-32(26)31/h3,7-14,19-21,25,37H,1-2,4-6,15-18,22H2. The summed E-state index contributed by atoms with van der Waals surface area (Å²) in [4.78, 5) is 21.9. The number of sulfonamides is 1. The number of carbonyl (C=O) groups excluding carboxylic acids is 1. The second-order valence-electron chi connectivity index (χ2n) is 11.4. The van der Waals surface area contributed by atoms with E-state index in [4.69, 9.17) is 11.6 Å². The van der Waals surface area contributed by atoms with E-state index in [1.54, 1.807) is 47.5 Å². The highest BCUT2D eigenvalue weighted by Crippen LogP contribution is 2.39. The number of carbonyl (C=O) groups is 1. The van der Waals surface area contributed by atoms with Crippen molar-refractivity contribution in [3.8, 4) is 0 Å². The van der Waals surface area contributed by atoms with Crippen LogP contribution in [0.15, 0.2) is 72.4 Å². The molecule has 3 aromatic rings. The summed E-state index contributed by atoms with van der Waals surface area (Å²) in [6.45, 7) is 2.92. The predicted molar refractivity (Wildman–Crippen MR) is 168 cm³/mol. The average Bonchev–Trinajstić information content (AvgIpc) is 3.33. The highest BCUT2D eigenvalue weighted by Gasteiger charge is 2.29. The molecule has 2 aromatic carbocycles. The minimum atomic E-state index is -3.94. The fraction of sp³-hybridized carbons (Fsp3) is 0.333. The van der Waals surface area contributed by atoms with Crippen LogP contribution < -0.4 is 4.72 Å². The van der Waals surface area contributed by atoms with E-state index in [1.165, 1.54) is 11.6 Å². The topological polar surface area (TPSA) is 82.6 Å². The fourth-order valence-electron chi connectivity index (χ4n) is 6.15. The van der Waals surface area contributed by atoms with Gasteiger partial charge in [-0.15, -0.1) is 0 Å². The van der Waals surface area contributed by atoms with Crippen molar-refractivity contribution < 1.29 is 17.6 Å². The van der Waals surface area contributed by atoms with Crippen LogP contribution in [0.4, 0.5) is 10.1 Å². The summed E-state index contributed by atoms with van der Waals surface area (Å²) >= 11 is 5.88. The molecular formula is C33H34ClFN4O3S. The normalized spacial score (nSPS) is 19.3. The SMILES string of the molecule is O=C(c1ccc(NS(=O)(=O)C2=CC3CCCCC3=Cc3cccnc32)cc1)N1CCCN(Cc2ccc(Cl)cc2F)CC1. The number of nitrogens with zero attached hydrogens (tertiary/aromatic N) is 3.